The highest BCUT2D eigenvalue weighted by Gasteiger charge is 2.56. The lowest BCUT2D eigenvalue weighted by Gasteiger charge is -2.45. The van der Waals surface area contributed by atoms with Crippen LogP contribution in [0.1, 0.15) is 26.3 Å². The molecule has 3 rings (SSSR count). The molecule has 1 aromatic heterocycles. The number of carbonyl (C=O) groups excluding carboxylic acids is 3. The number of pyridine rings is 1. The molecule has 1 saturated heterocycles. The Morgan fingerprint density at radius 3 is 2.39 bits per heavy atom. The topological polar surface area (TPSA) is 112 Å². The average molecular weight is 498 g/mol. The van der Waals surface area contributed by atoms with Crippen LogP contribution in [0, 0.1) is 5.95 Å². The number of thioether (sulfide) groups is 1. The normalized spacial score (nSPS) is 24.6. The second-order valence-electron chi connectivity index (χ2n) is 7.30. The molecule has 4 atom stereocenters. The number of esters is 3. The highest BCUT2D eigenvalue weighted by atomic mass is 35.5. The van der Waals surface area contributed by atoms with Crippen LogP contribution in [0.2, 0.25) is 5.02 Å². The minimum absolute atomic E-state index is 0.00635. The monoisotopic (exact) mass is 497 g/mol. The van der Waals surface area contributed by atoms with E-state index in [0.29, 0.717) is 5.56 Å². The first-order valence-corrected chi connectivity index (χ1v) is 11.2. The van der Waals surface area contributed by atoms with E-state index in [1.54, 1.807) is 12.1 Å². The van der Waals surface area contributed by atoms with Crippen molar-refractivity contribution >= 4 is 41.3 Å². The first-order valence-electron chi connectivity index (χ1n) is 9.81. The summed E-state index contributed by atoms with van der Waals surface area (Å²) in [6.45, 7) is 3.43. The van der Waals surface area contributed by atoms with Gasteiger partial charge in [-0.2, -0.15) is 4.39 Å². The van der Waals surface area contributed by atoms with Crippen molar-refractivity contribution in [3.05, 3.63) is 53.1 Å². The Morgan fingerprint density at radius 1 is 1.12 bits per heavy atom. The van der Waals surface area contributed by atoms with Crippen LogP contribution in [-0.4, -0.2) is 52.1 Å². The third-order valence-corrected chi connectivity index (χ3v) is 6.57. The fraction of sp³-hybridized carbons (Fsp3) is 0.364. The number of nitrogens with zero attached hydrogens (tertiary/aromatic N) is 1. The quantitative estimate of drug-likeness (QED) is 0.378. The van der Waals surface area contributed by atoms with Crippen LogP contribution < -0.4 is 0 Å². The fourth-order valence-corrected chi connectivity index (χ4v) is 5.24. The van der Waals surface area contributed by atoms with Crippen LogP contribution in [0.4, 0.5) is 4.39 Å². The highest BCUT2D eigenvalue weighted by molar-refractivity contribution is 8.00. The Morgan fingerprint density at radius 2 is 1.79 bits per heavy atom. The number of halogens is 2. The zero-order valence-corrected chi connectivity index (χ0v) is 19.5. The van der Waals surface area contributed by atoms with Crippen molar-refractivity contribution in [2.24, 2.45) is 0 Å². The molecule has 0 aliphatic carbocycles. The molecule has 2 aromatic rings. The van der Waals surface area contributed by atoms with Crippen LogP contribution in [0.3, 0.4) is 0 Å². The largest absolute Gasteiger partial charge is 0.458 e. The van der Waals surface area contributed by atoms with Crippen molar-refractivity contribution in [3.8, 4) is 11.1 Å². The van der Waals surface area contributed by atoms with Gasteiger partial charge < -0.3 is 19.3 Å². The number of aliphatic hydroxyl groups is 1. The minimum Gasteiger partial charge on any atom is -0.458 e. The molecule has 1 aromatic carbocycles. The zero-order chi connectivity index (χ0) is 24.3. The van der Waals surface area contributed by atoms with Gasteiger partial charge in [-0.05, 0) is 29.8 Å². The lowest BCUT2D eigenvalue weighted by molar-refractivity contribution is -0.197. The van der Waals surface area contributed by atoms with E-state index in [0.717, 1.165) is 25.6 Å². The number of rotatable bonds is 5. The molecule has 11 heteroatoms. The first kappa shape index (κ1) is 24.9. The van der Waals surface area contributed by atoms with E-state index >= 15 is 0 Å². The summed E-state index contributed by atoms with van der Waals surface area (Å²) in [5.74, 6) is -2.88. The van der Waals surface area contributed by atoms with Crippen LogP contribution in [-0.2, 0) is 33.5 Å². The van der Waals surface area contributed by atoms with Crippen molar-refractivity contribution in [2.75, 3.05) is 5.75 Å². The maximum atomic E-state index is 14.3. The van der Waals surface area contributed by atoms with Gasteiger partial charge in [0.05, 0.1) is 0 Å². The molecule has 0 unspecified atom stereocenters. The fourth-order valence-electron chi connectivity index (χ4n) is 3.57. The van der Waals surface area contributed by atoms with E-state index < -0.39 is 47.1 Å². The molecule has 0 saturated carbocycles. The van der Waals surface area contributed by atoms with Gasteiger partial charge in [0.2, 0.25) is 5.95 Å². The lowest BCUT2D eigenvalue weighted by Crippen LogP contribution is -2.58. The number of carbonyl (C=O) groups is 3. The standard InChI is InChI=1S/C22H21ClFNO7S/c1-11(26)30-18-10-33-22(29,20(32-13(3)28)19(18)31-12(2)27)16-9-14(6-7-17(16)23)15-5-4-8-25-21(15)24/h4-9,18-20,29H,10H2,1-3H3/t18-,19+,20-,22-/m1/s1. The third kappa shape index (κ3) is 5.45. The summed E-state index contributed by atoms with van der Waals surface area (Å²) < 4.78 is 30.3. The smallest absolute Gasteiger partial charge is 0.303 e. The highest BCUT2D eigenvalue weighted by Crippen LogP contribution is 2.49. The molecule has 176 valence electrons. The Kier molecular flexibility index (Phi) is 7.61. The number of benzene rings is 1. The Hall–Kier alpha value is -2.69. The summed E-state index contributed by atoms with van der Waals surface area (Å²) in [6, 6.07) is 7.52. The maximum absolute atomic E-state index is 14.3. The van der Waals surface area contributed by atoms with Crippen LogP contribution in [0.15, 0.2) is 36.5 Å². The predicted octanol–water partition coefficient (Wildman–Crippen LogP) is 3.23. The van der Waals surface area contributed by atoms with Crippen LogP contribution >= 0.6 is 23.4 Å². The SMILES string of the molecule is CC(=O)O[C@@H]1[C@@H](OC(C)=O)[C@@](O)(c2cc(-c3cccnc3F)ccc2Cl)SC[C@H]1OC(C)=O. The van der Waals surface area contributed by atoms with Gasteiger partial charge in [0, 0.05) is 48.9 Å². The van der Waals surface area contributed by atoms with Gasteiger partial charge in [-0.1, -0.05) is 17.7 Å². The molecule has 2 heterocycles. The van der Waals surface area contributed by atoms with E-state index in [2.05, 4.69) is 4.98 Å². The van der Waals surface area contributed by atoms with Crippen LogP contribution in [0.5, 0.6) is 0 Å². The summed E-state index contributed by atoms with van der Waals surface area (Å²) >= 11 is 7.29. The predicted molar refractivity (Wildman–Crippen MR) is 118 cm³/mol. The Balaban J connectivity index is 2.13. The molecular weight excluding hydrogens is 477 g/mol. The number of ether oxygens (including phenoxy) is 3. The van der Waals surface area contributed by atoms with Crippen molar-refractivity contribution in [2.45, 2.75) is 44.0 Å². The third-order valence-electron chi connectivity index (χ3n) is 4.85. The summed E-state index contributed by atoms with van der Waals surface area (Å²) in [5, 5.41) is 11.9. The zero-order valence-electron chi connectivity index (χ0n) is 17.9. The molecule has 1 aliphatic rings. The summed E-state index contributed by atoms with van der Waals surface area (Å²) in [4.78, 5) is 36.9. The first-order chi connectivity index (χ1) is 15.5. The molecule has 8 nitrogen and oxygen atoms in total. The molecular formula is C22H21ClFNO7S. The Bertz CT molecular complexity index is 1080. The molecule has 0 spiro atoms. The summed E-state index contributed by atoms with van der Waals surface area (Å²) in [5.41, 5.74) is 0.625. The number of hydrogen-bond donors (Lipinski definition) is 1. The molecule has 0 radical (unpaired) electrons. The second-order valence-corrected chi connectivity index (χ2v) is 8.95. The summed E-state index contributed by atoms with van der Waals surface area (Å²) in [6.07, 6.45) is -2.51. The van der Waals surface area contributed by atoms with E-state index in [4.69, 9.17) is 25.8 Å². The van der Waals surface area contributed by atoms with Crippen molar-refractivity contribution in [3.63, 3.8) is 0 Å². The van der Waals surface area contributed by atoms with Crippen molar-refractivity contribution in [1.82, 2.24) is 4.98 Å². The van der Waals surface area contributed by atoms with Gasteiger partial charge in [-0.25, -0.2) is 4.98 Å². The minimum atomic E-state index is -2.02. The van der Waals surface area contributed by atoms with Crippen LogP contribution in [0.25, 0.3) is 11.1 Å². The van der Waals surface area contributed by atoms with E-state index in [9.17, 15) is 23.9 Å². The van der Waals surface area contributed by atoms with Gasteiger partial charge in [0.1, 0.15) is 0 Å². The second kappa shape index (κ2) is 10.1. The van der Waals surface area contributed by atoms with Gasteiger partial charge in [-0.15, -0.1) is 11.8 Å². The lowest BCUT2D eigenvalue weighted by atomic mass is 9.93. The van der Waals surface area contributed by atoms with Gasteiger partial charge in [0.15, 0.2) is 23.2 Å². The molecule has 1 aliphatic heterocycles. The van der Waals surface area contributed by atoms with Gasteiger partial charge in [-0.3, -0.25) is 14.4 Å². The average Bonchev–Trinajstić information content (AvgIpc) is 2.73. The molecule has 0 bridgehead atoms. The number of hydrogen-bond acceptors (Lipinski definition) is 9. The van der Waals surface area contributed by atoms with E-state index in [-0.39, 0.29) is 21.9 Å². The van der Waals surface area contributed by atoms with Gasteiger partial charge in [0.25, 0.3) is 0 Å². The summed E-state index contributed by atoms with van der Waals surface area (Å²) in [7, 11) is 0. The van der Waals surface area contributed by atoms with E-state index in [1.807, 2.05) is 0 Å². The maximum Gasteiger partial charge on any atom is 0.303 e. The molecule has 33 heavy (non-hydrogen) atoms. The Labute approximate surface area is 198 Å². The van der Waals surface area contributed by atoms with Gasteiger partial charge >= 0.3 is 17.9 Å². The van der Waals surface area contributed by atoms with Crippen molar-refractivity contribution < 1.29 is 38.1 Å². The number of aromatic nitrogens is 1. The van der Waals surface area contributed by atoms with Crippen molar-refractivity contribution in [1.29, 1.82) is 0 Å². The molecule has 0 amide bonds. The molecule has 1 fully saturated rings. The van der Waals surface area contributed by atoms with E-state index in [1.165, 1.54) is 31.3 Å². The molecule has 1 N–H and O–H groups in total.